The van der Waals surface area contributed by atoms with Crippen molar-refractivity contribution >= 4 is 57.2 Å². The average molecular weight is 570 g/mol. The number of hydrogen-bond donors (Lipinski definition) is 1. The molecule has 3 aliphatic heterocycles. The van der Waals surface area contributed by atoms with Crippen LogP contribution in [0.2, 0.25) is 5.02 Å². The van der Waals surface area contributed by atoms with Crippen LogP contribution in [0.25, 0.3) is 10.1 Å². The Bertz CT molecular complexity index is 1090. The van der Waals surface area contributed by atoms with Crippen molar-refractivity contribution in [2.45, 2.75) is 38.3 Å². The van der Waals surface area contributed by atoms with E-state index in [0.717, 1.165) is 41.9 Å². The number of halogens is 2. The van der Waals surface area contributed by atoms with Crippen LogP contribution >= 0.6 is 35.3 Å². The Kier molecular flexibility index (Phi) is 9.41. The van der Waals surface area contributed by atoms with Crippen molar-refractivity contribution in [1.82, 2.24) is 20.0 Å². The molecule has 7 nitrogen and oxygen atoms in total. The normalized spacial score (nSPS) is 22.4. The van der Waals surface area contributed by atoms with Crippen LogP contribution in [0, 0.1) is 11.8 Å². The number of carbonyl (C=O) groups excluding carboxylic acids is 2. The first-order valence-corrected chi connectivity index (χ1v) is 14.4. The lowest BCUT2D eigenvalue weighted by Crippen LogP contribution is -2.69. The molecule has 1 atom stereocenters. The molecule has 1 N–H and O–H groups in total. The zero-order chi connectivity index (χ0) is 25.3. The number of benzene rings is 1. The molecule has 3 fully saturated rings. The number of hydrogen-bond acceptors (Lipinski definition) is 6. The molecule has 0 saturated carbocycles. The van der Waals surface area contributed by atoms with E-state index in [-0.39, 0.29) is 24.2 Å². The Morgan fingerprint density at radius 3 is 2.27 bits per heavy atom. The van der Waals surface area contributed by atoms with Gasteiger partial charge in [-0.15, -0.1) is 23.7 Å². The minimum Gasteiger partial charge on any atom is -0.379 e. The Labute approximate surface area is 234 Å². The van der Waals surface area contributed by atoms with Gasteiger partial charge in [-0.1, -0.05) is 17.7 Å². The minimum atomic E-state index is -1.12. The average Bonchev–Trinajstić information content (AvgIpc) is 3.33. The van der Waals surface area contributed by atoms with Crippen LogP contribution in [0.1, 0.15) is 42.3 Å². The fourth-order valence-electron chi connectivity index (χ4n) is 6.06. The number of nitrogens with one attached hydrogen (secondary N) is 1. The number of nitrogens with zero attached hydrogens (tertiary/aromatic N) is 3. The molecule has 204 valence electrons. The molecule has 0 unspecified atom stereocenters. The van der Waals surface area contributed by atoms with Crippen LogP contribution in [0.4, 0.5) is 0 Å². The third kappa shape index (κ3) is 6.26. The predicted molar refractivity (Wildman–Crippen MR) is 152 cm³/mol. The molecular weight excluding hydrogens is 531 g/mol. The maximum absolute atomic E-state index is 14.0. The van der Waals surface area contributed by atoms with Gasteiger partial charge in [0.05, 0.1) is 18.1 Å². The van der Waals surface area contributed by atoms with Crippen molar-refractivity contribution in [3.8, 4) is 0 Å². The first-order valence-electron chi connectivity index (χ1n) is 13.2. The molecule has 0 bridgehead atoms. The van der Waals surface area contributed by atoms with E-state index in [4.69, 9.17) is 16.3 Å². The Balaban J connectivity index is 0.00000320. The van der Waals surface area contributed by atoms with Crippen LogP contribution in [0.3, 0.4) is 0 Å². The highest BCUT2D eigenvalue weighted by atomic mass is 35.5. The Morgan fingerprint density at radius 1 is 1.00 bits per heavy atom. The number of thiophene rings is 1. The van der Waals surface area contributed by atoms with Gasteiger partial charge in [-0.25, -0.2) is 0 Å². The van der Waals surface area contributed by atoms with Crippen LogP contribution in [0.5, 0.6) is 0 Å². The van der Waals surface area contributed by atoms with Gasteiger partial charge in [0.2, 0.25) is 0 Å². The van der Waals surface area contributed by atoms with Crippen molar-refractivity contribution < 1.29 is 14.3 Å². The minimum absolute atomic E-state index is 0. The number of carbonyl (C=O) groups is 2. The highest BCUT2D eigenvalue weighted by Crippen LogP contribution is 2.34. The second-order valence-corrected chi connectivity index (χ2v) is 12.2. The number of fused-ring (bicyclic) bond motifs is 1. The third-order valence-corrected chi connectivity index (χ3v) is 9.71. The van der Waals surface area contributed by atoms with E-state index in [0.29, 0.717) is 42.1 Å². The summed E-state index contributed by atoms with van der Waals surface area (Å²) in [5.74, 6) is 1.22. The van der Waals surface area contributed by atoms with Gasteiger partial charge in [0.25, 0.3) is 11.8 Å². The molecule has 2 aromatic rings. The summed E-state index contributed by atoms with van der Waals surface area (Å²) in [4.78, 5) is 34.5. The number of likely N-dealkylation sites (tertiary alicyclic amines) is 2. The zero-order valence-electron chi connectivity index (χ0n) is 21.7. The molecule has 2 amide bonds. The highest BCUT2D eigenvalue weighted by molar-refractivity contribution is 7.20. The summed E-state index contributed by atoms with van der Waals surface area (Å²) < 4.78 is 6.52. The van der Waals surface area contributed by atoms with Gasteiger partial charge < -0.3 is 19.9 Å². The van der Waals surface area contributed by atoms with E-state index in [9.17, 15) is 9.59 Å². The molecule has 0 spiro atoms. The zero-order valence-corrected chi connectivity index (χ0v) is 24.1. The Hall–Kier alpha value is -1.42. The quantitative estimate of drug-likeness (QED) is 0.581. The second-order valence-electron chi connectivity index (χ2n) is 10.7. The van der Waals surface area contributed by atoms with Gasteiger partial charge >= 0.3 is 0 Å². The van der Waals surface area contributed by atoms with Crippen molar-refractivity contribution in [2.75, 3.05) is 59.5 Å². The monoisotopic (exact) mass is 568 g/mol. The fraction of sp³-hybridized carbons (Fsp3) is 0.630. The van der Waals surface area contributed by atoms with Crippen LogP contribution in [-0.4, -0.2) is 91.7 Å². The summed E-state index contributed by atoms with van der Waals surface area (Å²) >= 11 is 7.55. The molecule has 1 aromatic carbocycles. The summed E-state index contributed by atoms with van der Waals surface area (Å²) in [7, 11) is 2.20. The van der Waals surface area contributed by atoms with Gasteiger partial charge in [-0.3, -0.25) is 14.5 Å². The number of rotatable bonds is 5. The molecule has 3 saturated heterocycles. The second kappa shape index (κ2) is 12.2. The highest BCUT2D eigenvalue weighted by Gasteiger charge is 2.45. The van der Waals surface area contributed by atoms with Crippen molar-refractivity contribution in [2.24, 2.45) is 11.8 Å². The fourth-order valence-corrected chi connectivity index (χ4v) is 7.29. The van der Waals surface area contributed by atoms with Crippen LogP contribution in [0.15, 0.2) is 24.3 Å². The number of piperidine rings is 2. The smallest absolute Gasteiger partial charge is 0.263 e. The molecule has 10 heteroatoms. The standard InChI is InChI=1S/C27H37ClN4O3S.ClH/c1-27(32-13-15-35-16-14-32,29-25(33)24-17-21-3-4-22(28)18-23(21)36-24)26(34)31-11-7-20(8-12-31)19-5-9-30(2)10-6-19;/h3-4,17-20H,5-16H2,1-2H3,(H,29,33);1H/t27-;/m0./s1. The van der Waals surface area contributed by atoms with E-state index in [2.05, 4.69) is 22.2 Å². The predicted octanol–water partition coefficient (Wildman–Crippen LogP) is 4.34. The van der Waals surface area contributed by atoms with Gasteiger partial charge in [-0.2, -0.15) is 0 Å². The van der Waals surface area contributed by atoms with Gasteiger partial charge in [0.15, 0.2) is 5.66 Å². The summed E-state index contributed by atoms with van der Waals surface area (Å²) in [5, 5.41) is 4.77. The van der Waals surface area contributed by atoms with E-state index >= 15 is 0 Å². The molecule has 1 aromatic heterocycles. The van der Waals surface area contributed by atoms with E-state index in [1.165, 1.54) is 37.3 Å². The van der Waals surface area contributed by atoms with Crippen molar-refractivity contribution in [3.05, 3.63) is 34.2 Å². The van der Waals surface area contributed by atoms with Crippen LogP contribution in [-0.2, 0) is 9.53 Å². The molecular formula is C27H38Cl2N4O3S. The summed E-state index contributed by atoms with van der Waals surface area (Å²) in [6, 6.07) is 7.50. The largest absolute Gasteiger partial charge is 0.379 e. The number of ether oxygens (including phenoxy) is 1. The van der Waals surface area contributed by atoms with Crippen molar-refractivity contribution in [3.63, 3.8) is 0 Å². The molecule has 0 aliphatic carbocycles. The SMILES string of the molecule is CN1CCC(C2CCN(C(=O)[C@@](C)(NC(=O)c3cc4ccc(Cl)cc4s3)N3CCOCC3)CC2)CC1.Cl. The van der Waals surface area contributed by atoms with Gasteiger partial charge in [-0.05, 0) is 88.2 Å². The third-order valence-electron chi connectivity index (χ3n) is 8.38. The Morgan fingerprint density at radius 2 is 1.62 bits per heavy atom. The summed E-state index contributed by atoms with van der Waals surface area (Å²) in [6.07, 6.45) is 4.61. The lowest BCUT2D eigenvalue weighted by molar-refractivity contribution is -0.150. The van der Waals surface area contributed by atoms with Gasteiger partial charge in [0.1, 0.15) is 0 Å². The number of amides is 2. The molecule has 0 radical (unpaired) electrons. The van der Waals surface area contributed by atoms with Crippen molar-refractivity contribution in [1.29, 1.82) is 0 Å². The molecule has 3 aliphatic rings. The lowest BCUT2D eigenvalue weighted by Gasteiger charge is -2.46. The van der Waals surface area contributed by atoms with Gasteiger partial charge in [0, 0.05) is 35.9 Å². The molecule has 5 rings (SSSR count). The summed E-state index contributed by atoms with van der Waals surface area (Å²) in [6.45, 7) is 8.06. The first-order chi connectivity index (χ1) is 17.3. The van der Waals surface area contributed by atoms with E-state index in [1.807, 2.05) is 36.1 Å². The molecule has 37 heavy (non-hydrogen) atoms. The summed E-state index contributed by atoms with van der Waals surface area (Å²) in [5.41, 5.74) is -1.12. The lowest BCUT2D eigenvalue weighted by atomic mass is 9.78. The van der Waals surface area contributed by atoms with E-state index < -0.39 is 5.66 Å². The molecule has 4 heterocycles. The topological polar surface area (TPSA) is 65.1 Å². The maximum atomic E-state index is 14.0. The maximum Gasteiger partial charge on any atom is 0.263 e. The number of morpholine rings is 1. The van der Waals surface area contributed by atoms with E-state index in [1.54, 1.807) is 0 Å². The van der Waals surface area contributed by atoms with Crippen LogP contribution < -0.4 is 5.32 Å². The first kappa shape index (κ1) is 28.6.